The van der Waals surface area contributed by atoms with Crippen LogP contribution >= 0.6 is 22.7 Å². The molecule has 0 aliphatic carbocycles. The minimum Gasteiger partial charge on any atom is -0.357 e. The van der Waals surface area contributed by atoms with Gasteiger partial charge in [-0.2, -0.15) is 0 Å². The van der Waals surface area contributed by atoms with E-state index in [9.17, 15) is 0 Å². The maximum atomic E-state index is 4.78. The van der Waals surface area contributed by atoms with Gasteiger partial charge in [-0.05, 0) is 26.3 Å². The molecule has 4 rings (SSSR count). The quantitative estimate of drug-likeness (QED) is 0.771. The summed E-state index contributed by atoms with van der Waals surface area (Å²) in [6, 6.07) is 2.35. The average Bonchev–Trinajstić information content (AvgIpc) is 3.30. The maximum Gasteiger partial charge on any atom is 0.225 e. The number of nitrogens with one attached hydrogen (secondary N) is 1. The Labute approximate surface area is 148 Å². The Balaban J connectivity index is 1.51. The Bertz CT molecular complexity index is 829. The van der Waals surface area contributed by atoms with E-state index in [2.05, 4.69) is 25.2 Å². The lowest BCUT2D eigenvalue weighted by Crippen LogP contribution is -2.27. The van der Waals surface area contributed by atoms with Gasteiger partial charge >= 0.3 is 0 Å². The van der Waals surface area contributed by atoms with Crippen LogP contribution in [-0.4, -0.2) is 39.1 Å². The molecule has 0 saturated carbocycles. The molecule has 8 heteroatoms. The maximum absolute atomic E-state index is 4.78. The van der Waals surface area contributed by atoms with Crippen molar-refractivity contribution < 1.29 is 0 Å². The summed E-state index contributed by atoms with van der Waals surface area (Å²) in [7, 11) is 0. The van der Waals surface area contributed by atoms with Crippen molar-refractivity contribution in [1.82, 2.24) is 19.9 Å². The van der Waals surface area contributed by atoms with Crippen molar-refractivity contribution >= 4 is 33.8 Å². The summed E-state index contributed by atoms with van der Waals surface area (Å²) in [5.74, 6) is 0.793. The van der Waals surface area contributed by atoms with Crippen LogP contribution < -0.4 is 10.2 Å². The SMILES string of the molecule is Cc1nc(C)c(-c2ccnc(N3CCC(Nc4nccs4)C3)n2)s1. The fourth-order valence-corrected chi connectivity index (χ4v) is 4.42. The number of hydrogen-bond acceptors (Lipinski definition) is 8. The topological polar surface area (TPSA) is 66.8 Å². The van der Waals surface area contributed by atoms with Gasteiger partial charge in [0.05, 0.1) is 21.3 Å². The number of aromatic nitrogens is 4. The summed E-state index contributed by atoms with van der Waals surface area (Å²) in [6.45, 7) is 5.90. The van der Waals surface area contributed by atoms with E-state index in [1.807, 2.05) is 37.7 Å². The Morgan fingerprint density at radius 3 is 2.88 bits per heavy atom. The minimum absolute atomic E-state index is 0.385. The molecule has 0 aromatic carbocycles. The van der Waals surface area contributed by atoms with E-state index in [4.69, 9.17) is 4.98 Å². The molecule has 24 heavy (non-hydrogen) atoms. The van der Waals surface area contributed by atoms with Crippen LogP contribution in [0.1, 0.15) is 17.1 Å². The highest BCUT2D eigenvalue weighted by atomic mass is 32.1. The highest BCUT2D eigenvalue weighted by Gasteiger charge is 2.25. The number of nitrogens with zero attached hydrogens (tertiary/aromatic N) is 5. The first-order valence-electron chi connectivity index (χ1n) is 7.87. The summed E-state index contributed by atoms with van der Waals surface area (Å²) >= 11 is 3.32. The van der Waals surface area contributed by atoms with Gasteiger partial charge < -0.3 is 10.2 Å². The van der Waals surface area contributed by atoms with E-state index in [1.165, 1.54) is 0 Å². The molecule has 0 bridgehead atoms. The molecule has 0 amide bonds. The molecule has 6 nitrogen and oxygen atoms in total. The Kier molecular flexibility index (Phi) is 4.15. The second kappa shape index (κ2) is 6.45. The first kappa shape index (κ1) is 15.5. The molecule has 1 aliphatic heterocycles. The van der Waals surface area contributed by atoms with Gasteiger partial charge in [-0.3, -0.25) is 0 Å². The third-order valence-electron chi connectivity index (χ3n) is 4.01. The van der Waals surface area contributed by atoms with Gasteiger partial charge in [0, 0.05) is 36.9 Å². The molecule has 4 heterocycles. The van der Waals surface area contributed by atoms with Gasteiger partial charge in [0.2, 0.25) is 5.95 Å². The van der Waals surface area contributed by atoms with Gasteiger partial charge in [-0.1, -0.05) is 0 Å². The van der Waals surface area contributed by atoms with E-state index in [0.29, 0.717) is 6.04 Å². The van der Waals surface area contributed by atoms with Crippen LogP contribution in [0.25, 0.3) is 10.6 Å². The second-order valence-corrected chi connectivity index (χ2v) is 7.90. The number of anilines is 2. The molecule has 3 aromatic heterocycles. The van der Waals surface area contributed by atoms with Gasteiger partial charge in [0.15, 0.2) is 5.13 Å². The summed E-state index contributed by atoms with van der Waals surface area (Å²) in [6.07, 6.45) is 4.73. The molecule has 3 aromatic rings. The third kappa shape index (κ3) is 3.11. The molecule has 1 saturated heterocycles. The van der Waals surface area contributed by atoms with Crippen LogP contribution in [-0.2, 0) is 0 Å². The zero-order valence-corrected chi connectivity index (χ0v) is 15.2. The summed E-state index contributed by atoms with van der Waals surface area (Å²) in [4.78, 5) is 21.4. The van der Waals surface area contributed by atoms with Crippen LogP contribution in [0.3, 0.4) is 0 Å². The van der Waals surface area contributed by atoms with Crippen molar-refractivity contribution in [2.24, 2.45) is 0 Å². The normalized spacial score (nSPS) is 17.4. The number of hydrogen-bond donors (Lipinski definition) is 1. The predicted octanol–water partition coefficient (Wildman–Crippen LogP) is 3.36. The molecule has 1 fully saturated rings. The van der Waals surface area contributed by atoms with E-state index < -0.39 is 0 Å². The molecule has 0 radical (unpaired) electrons. The summed E-state index contributed by atoms with van der Waals surface area (Å²) < 4.78 is 0. The third-order valence-corrected chi connectivity index (χ3v) is 5.81. The highest BCUT2D eigenvalue weighted by Crippen LogP contribution is 2.29. The lowest BCUT2D eigenvalue weighted by atomic mass is 10.3. The van der Waals surface area contributed by atoms with Crippen molar-refractivity contribution in [2.45, 2.75) is 26.3 Å². The summed E-state index contributed by atoms with van der Waals surface area (Å²) in [5, 5.41) is 7.51. The Hall–Kier alpha value is -2.06. The van der Waals surface area contributed by atoms with Crippen molar-refractivity contribution in [1.29, 1.82) is 0 Å². The van der Waals surface area contributed by atoms with Gasteiger partial charge in [0.25, 0.3) is 0 Å². The van der Waals surface area contributed by atoms with Crippen LogP contribution in [0.2, 0.25) is 0 Å². The fraction of sp³-hybridized carbons (Fsp3) is 0.375. The molecular formula is C16H18N6S2. The standard InChI is InChI=1S/C16H18N6S2/c1-10-14(24-11(2)19-10)13-3-5-17-15(21-13)22-7-4-12(9-22)20-16-18-6-8-23-16/h3,5-6,8,12H,4,7,9H2,1-2H3,(H,18,20). The lowest BCUT2D eigenvalue weighted by molar-refractivity contribution is 0.802. The van der Waals surface area contributed by atoms with Crippen molar-refractivity contribution in [2.75, 3.05) is 23.3 Å². The van der Waals surface area contributed by atoms with E-state index in [1.54, 1.807) is 22.7 Å². The first-order valence-corrected chi connectivity index (χ1v) is 9.57. The smallest absolute Gasteiger partial charge is 0.225 e. The van der Waals surface area contributed by atoms with Crippen LogP contribution in [0, 0.1) is 13.8 Å². The number of rotatable bonds is 4. The second-order valence-electron chi connectivity index (χ2n) is 5.80. The van der Waals surface area contributed by atoms with Crippen LogP contribution in [0.5, 0.6) is 0 Å². The lowest BCUT2D eigenvalue weighted by Gasteiger charge is -2.17. The van der Waals surface area contributed by atoms with Gasteiger partial charge in [-0.25, -0.2) is 19.9 Å². The van der Waals surface area contributed by atoms with E-state index in [-0.39, 0.29) is 0 Å². The first-order chi connectivity index (χ1) is 11.7. The van der Waals surface area contributed by atoms with Crippen molar-refractivity contribution in [3.05, 3.63) is 34.5 Å². The Morgan fingerprint density at radius 1 is 1.21 bits per heavy atom. The van der Waals surface area contributed by atoms with Crippen molar-refractivity contribution in [3.63, 3.8) is 0 Å². The molecule has 0 spiro atoms. The molecule has 1 aliphatic rings. The monoisotopic (exact) mass is 358 g/mol. The molecule has 1 N–H and O–H groups in total. The van der Waals surface area contributed by atoms with Crippen molar-refractivity contribution in [3.8, 4) is 10.6 Å². The zero-order valence-electron chi connectivity index (χ0n) is 13.6. The van der Waals surface area contributed by atoms with E-state index in [0.717, 1.165) is 51.9 Å². The van der Waals surface area contributed by atoms with Gasteiger partial charge in [-0.15, -0.1) is 22.7 Å². The molecule has 1 unspecified atom stereocenters. The Morgan fingerprint density at radius 2 is 2.12 bits per heavy atom. The highest BCUT2D eigenvalue weighted by molar-refractivity contribution is 7.15. The van der Waals surface area contributed by atoms with Gasteiger partial charge in [0.1, 0.15) is 0 Å². The number of aryl methyl sites for hydroxylation is 2. The molecule has 124 valence electrons. The average molecular weight is 358 g/mol. The summed E-state index contributed by atoms with van der Waals surface area (Å²) in [5.41, 5.74) is 1.99. The molecular weight excluding hydrogens is 340 g/mol. The predicted molar refractivity (Wildman–Crippen MR) is 99.0 cm³/mol. The minimum atomic E-state index is 0.385. The fourth-order valence-electron chi connectivity index (χ4n) is 2.93. The van der Waals surface area contributed by atoms with Crippen LogP contribution in [0.4, 0.5) is 11.1 Å². The zero-order chi connectivity index (χ0) is 16.5. The largest absolute Gasteiger partial charge is 0.357 e. The van der Waals surface area contributed by atoms with Crippen LogP contribution in [0.15, 0.2) is 23.8 Å². The van der Waals surface area contributed by atoms with E-state index >= 15 is 0 Å². The number of thiazole rings is 2. The molecule has 1 atom stereocenters.